The second kappa shape index (κ2) is 9.31. The van der Waals surface area contributed by atoms with Crippen LogP contribution in [0.3, 0.4) is 0 Å². The summed E-state index contributed by atoms with van der Waals surface area (Å²) in [6.45, 7) is 2.26. The molecule has 0 aromatic heterocycles. The molecular weight excluding hydrogens is 286 g/mol. The lowest BCUT2D eigenvalue weighted by molar-refractivity contribution is -0.143. The molecule has 0 saturated heterocycles. The van der Waals surface area contributed by atoms with Gasteiger partial charge in [-0.25, -0.2) is 0 Å². The summed E-state index contributed by atoms with van der Waals surface area (Å²) in [5.41, 5.74) is 9.97. The molecule has 1 aliphatic rings. The normalized spacial score (nSPS) is 15.1. The highest BCUT2D eigenvalue weighted by Gasteiger charge is 2.08. The number of hydrogen-bond donors (Lipinski definition) is 1. The van der Waals surface area contributed by atoms with E-state index in [0.717, 1.165) is 25.7 Å². The molecule has 3 nitrogen and oxygen atoms in total. The Hall–Kier alpha value is -1.87. The standard InChI is InChI=1S/C20H27NO2/c1-2-23-20(22)15-14-19(21)13-10-16-8-11-18(12-9-16)17-6-4-3-5-7-17/h4,6-9,11-12,19H,2-3,5,10,13-15,21H2,1H3/t19-/m1/s1. The van der Waals surface area contributed by atoms with Crippen molar-refractivity contribution >= 4 is 11.5 Å². The summed E-state index contributed by atoms with van der Waals surface area (Å²) in [7, 11) is 0. The van der Waals surface area contributed by atoms with Crippen LogP contribution >= 0.6 is 0 Å². The molecule has 0 amide bonds. The predicted octanol–water partition coefficient (Wildman–Crippen LogP) is 4.02. The van der Waals surface area contributed by atoms with E-state index < -0.39 is 0 Å². The Morgan fingerprint density at radius 3 is 2.65 bits per heavy atom. The average Bonchev–Trinajstić information content (AvgIpc) is 2.59. The molecule has 0 radical (unpaired) electrons. The van der Waals surface area contributed by atoms with Crippen LogP contribution in [-0.2, 0) is 16.0 Å². The molecule has 1 aromatic carbocycles. The van der Waals surface area contributed by atoms with Gasteiger partial charge in [0.25, 0.3) is 0 Å². The van der Waals surface area contributed by atoms with Crippen LogP contribution in [0.2, 0.25) is 0 Å². The number of allylic oxidation sites excluding steroid dienone is 4. The van der Waals surface area contributed by atoms with Gasteiger partial charge in [-0.2, -0.15) is 0 Å². The van der Waals surface area contributed by atoms with Crippen molar-refractivity contribution in [3.63, 3.8) is 0 Å². The van der Waals surface area contributed by atoms with Crippen LogP contribution in [0.15, 0.2) is 42.5 Å². The van der Waals surface area contributed by atoms with E-state index in [1.165, 1.54) is 16.7 Å². The van der Waals surface area contributed by atoms with Crippen LogP contribution in [0.25, 0.3) is 5.57 Å². The monoisotopic (exact) mass is 313 g/mol. The number of esters is 1. The molecule has 1 atom stereocenters. The Kier molecular flexibility index (Phi) is 7.08. The fraction of sp³-hybridized carbons (Fsp3) is 0.450. The van der Waals surface area contributed by atoms with Crippen molar-refractivity contribution in [2.45, 2.75) is 51.5 Å². The molecule has 3 heteroatoms. The van der Waals surface area contributed by atoms with Gasteiger partial charge in [0.05, 0.1) is 6.61 Å². The van der Waals surface area contributed by atoms with Crippen LogP contribution in [0.1, 0.15) is 50.2 Å². The Morgan fingerprint density at radius 1 is 1.22 bits per heavy atom. The van der Waals surface area contributed by atoms with Gasteiger partial charge < -0.3 is 10.5 Å². The Balaban J connectivity index is 1.76. The van der Waals surface area contributed by atoms with E-state index in [1.54, 1.807) is 0 Å². The summed E-state index contributed by atoms with van der Waals surface area (Å²) in [6, 6.07) is 8.76. The molecule has 0 aliphatic heterocycles. The van der Waals surface area contributed by atoms with Gasteiger partial charge in [-0.05, 0) is 55.7 Å². The van der Waals surface area contributed by atoms with Crippen LogP contribution in [0, 0.1) is 0 Å². The highest BCUT2D eigenvalue weighted by Crippen LogP contribution is 2.22. The van der Waals surface area contributed by atoms with Crippen molar-refractivity contribution in [2.75, 3.05) is 6.61 Å². The highest BCUT2D eigenvalue weighted by molar-refractivity contribution is 5.74. The van der Waals surface area contributed by atoms with Crippen LogP contribution in [0.4, 0.5) is 0 Å². The topological polar surface area (TPSA) is 52.3 Å². The molecule has 0 bridgehead atoms. The molecule has 1 aromatic rings. The number of aryl methyl sites for hydroxylation is 1. The molecule has 23 heavy (non-hydrogen) atoms. The lowest BCUT2D eigenvalue weighted by Crippen LogP contribution is -2.22. The third kappa shape index (κ3) is 6.03. The fourth-order valence-electron chi connectivity index (χ4n) is 2.72. The molecule has 0 fully saturated rings. The van der Waals surface area contributed by atoms with Gasteiger partial charge in [0, 0.05) is 12.5 Å². The van der Waals surface area contributed by atoms with Crippen molar-refractivity contribution < 1.29 is 9.53 Å². The molecule has 0 unspecified atom stereocenters. The molecule has 2 rings (SSSR count). The van der Waals surface area contributed by atoms with E-state index >= 15 is 0 Å². The molecule has 0 heterocycles. The van der Waals surface area contributed by atoms with E-state index in [0.29, 0.717) is 19.4 Å². The van der Waals surface area contributed by atoms with Crippen molar-refractivity contribution in [3.05, 3.63) is 53.6 Å². The molecule has 0 spiro atoms. The van der Waals surface area contributed by atoms with E-state index in [1.807, 2.05) is 6.92 Å². The van der Waals surface area contributed by atoms with Gasteiger partial charge in [0.1, 0.15) is 0 Å². The van der Waals surface area contributed by atoms with Crippen molar-refractivity contribution in [1.29, 1.82) is 0 Å². The number of benzene rings is 1. The molecule has 1 aliphatic carbocycles. The van der Waals surface area contributed by atoms with E-state index in [-0.39, 0.29) is 12.0 Å². The third-order valence-electron chi connectivity index (χ3n) is 4.11. The zero-order chi connectivity index (χ0) is 16.5. The van der Waals surface area contributed by atoms with Gasteiger partial charge in [0.15, 0.2) is 0 Å². The minimum absolute atomic E-state index is 0.0445. The van der Waals surface area contributed by atoms with Gasteiger partial charge in [0.2, 0.25) is 0 Å². The second-order valence-corrected chi connectivity index (χ2v) is 5.98. The summed E-state index contributed by atoms with van der Waals surface area (Å²) >= 11 is 0. The number of hydrogen-bond acceptors (Lipinski definition) is 3. The Bertz CT molecular complexity index is 558. The molecule has 2 N–H and O–H groups in total. The first-order chi connectivity index (χ1) is 11.2. The lowest BCUT2D eigenvalue weighted by atomic mass is 9.97. The van der Waals surface area contributed by atoms with E-state index in [9.17, 15) is 4.79 Å². The van der Waals surface area contributed by atoms with Gasteiger partial charge in [-0.3, -0.25) is 4.79 Å². The molecule has 0 saturated carbocycles. The first-order valence-electron chi connectivity index (χ1n) is 8.56. The maximum Gasteiger partial charge on any atom is 0.305 e. The first-order valence-corrected chi connectivity index (χ1v) is 8.56. The van der Waals surface area contributed by atoms with Gasteiger partial charge >= 0.3 is 5.97 Å². The predicted molar refractivity (Wildman–Crippen MR) is 95.0 cm³/mol. The number of ether oxygens (including phenoxy) is 1. The van der Waals surface area contributed by atoms with Gasteiger partial charge in [-0.15, -0.1) is 0 Å². The summed E-state index contributed by atoms with van der Waals surface area (Å²) in [5.74, 6) is -0.152. The largest absolute Gasteiger partial charge is 0.466 e. The highest BCUT2D eigenvalue weighted by atomic mass is 16.5. The third-order valence-corrected chi connectivity index (χ3v) is 4.11. The second-order valence-electron chi connectivity index (χ2n) is 5.98. The summed E-state index contributed by atoms with van der Waals surface area (Å²) in [6.07, 6.45) is 11.9. The maximum atomic E-state index is 11.3. The first kappa shape index (κ1) is 17.5. The van der Waals surface area contributed by atoms with Crippen LogP contribution < -0.4 is 5.73 Å². The Morgan fingerprint density at radius 2 is 2.00 bits per heavy atom. The average molecular weight is 313 g/mol. The van der Waals surface area contributed by atoms with E-state index in [4.69, 9.17) is 10.5 Å². The van der Waals surface area contributed by atoms with Crippen LogP contribution in [0.5, 0.6) is 0 Å². The minimum Gasteiger partial charge on any atom is -0.466 e. The number of nitrogens with two attached hydrogens (primary N) is 1. The zero-order valence-corrected chi connectivity index (χ0v) is 14.0. The summed E-state index contributed by atoms with van der Waals surface area (Å²) < 4.78 is 4.92. The Labute approximate surface area is 139 Å². The van der Waals surface area contributed by atoms with Crippen LogP contribution in [-0.4, -0.2) is 18.6 Å². The molecular formula is C20H27NO2. The van der Waals surface area contributed by atoms with E-state index in [2.05, 4.69) is 42.5 Å². The SMILES string of the molecule is CCOC(=O)CC[C@H](N)CCc1ccc(C2=CCCC=C2)cc1. The van der Waals surface area contributed by atoms with Crippen molar-refractivity contribution in [3.8, 4) is 0 Å². The minimum atomic E-state index is -0.152. The quantitative estimate of drug-likeness (QED) is 0.737. The smallest absolute Gasteiger partial charge is 0.305 e. The summed E-state index contributed by atoms with van der Waals surface area (Å²) in [4.78, 5) is 11.3. The maximum absolute atomic E-state index is 11.3. The number of carbonyl (C=O) groups excluding carboxylic acids is 1. The van der Waals surface area contributed by atoms with Gasteiger partial charge in [-0.1, -0.05) is 42.5 Å². The summed E-state index contributed by atoms with van der Waals surface area (Å²) in [5, 5.41) is 0. The lowest BCUT2D eigenvalue weighted by Gasteiger charge is -2.12. The number of rotatable bonds is 8. The zero-order valence-electron chi connectivity index (χ0n) is 14.0. The van der Waals surface area contributed by atoms with Crippen molar-refractivity contribution in [2.24, 2.45) is 5.73 Å². The fourth-order valence-corrected chi connectivity index (χ4v) is 2.72. The number of carbonyl (C=O) groups is 1. The molecule has 124 valence electrons. The van der Waals surface area contributed by atoms with Crippen molar-refractivity contribution in [1.82, 2.24) is 0 Å².